The molecule has 5 aliphatic carbocycles. The van der Waals surface area contributed by atoms with Crippen LogP contribution in [-0.4, -0.2) is 46.3 Å². The van der Waals surface area contributed by atoms with Gasteiger partial charge in [0.15, 0.2) is 0 Å². The molecule has 0 spiro atoms. The van der Waals surface area contributed by atoms with Crippen molar-refractivity contribution in [3.8, 4) is 0 Å². The molecule has 8 nitrogen and oxygen atoms in total. The second-order valence-electron chi connectivity index (χ2n) is 19.4. The SMILES string of the molecule is CC1(C)C[C@@H](OC(=O)CCCCC(=O)O)[C@]2(C)CC[C@]3(C)C(=CC[C@@H]4[C@@]5(C)CC[C@H](OC(=O)CCCCC(=O)O)C(C)(C)[C@@H]5CC[C@]43C)[C@@H]2C1. The Kier molecular flexibility index (Phi) is 10.8. The fraction of sp³-hybridized carbons (Fsp3) is 0.857. The van der Waals surface area contributed by atoms with Crippen molar-refractivity contribution in [2.24, 2.45) is 50.2 Å². The third kappa shape index (κ3) is 6.91. The highest BCUT2D eigenvalue weighted by Crippen LogP contribution is 2.76. The average Bonchev–Trinajstić information content (AvgIpc) is 3.00. The van der Waals surface area contributed by atoms with E-state index in [4.69, 9.17) is 19.7 Å². The molecule has 0 unspecified atom stereocenters. The highest BCUT2D eigenvalue weighted by atomic mass is 16.5. The number of carbonyl (C=O) groups is 4. The zero-order chi connectivity index (χ0) is 36.9. The van der Waals surface area contributed by atoms with Crippen molar-refractivity contribution in [3.63, 3.8) is 0 Å². The Balaban J connectivity index is 1.34. The third-order valence-corrected chi connectivity index (χ3v) is 15.6. The van der Waals surface area contributed by atoms with Gasteiger partial charge in [-0.3, -0.25) is 19.2 Å². The number of rotatable bonds is 12. The van der Waals surface area contributed by atoms with Gasteiger partial charge in [0, 0.05) is 36.5 Å². The van der Waals surface area contributed by atoms with Crippen molar-refractivity contribution in [2.45, 2.75) is 177 Å². The standard InChI is InChI=1S/C42H66O8/c1-37(2)25-28-27-17-18-30-40(6)21-20-31(49-35(47)15-11-9-13-33(43)44)38(3,4)29(40)19-22-42(30,8)41(27,7)24-23-39(28,5)32(26-37)50-36(48)16-12-10-14-34(45)46/h17,28-32H,9-16,18-26H2,1-8H3,(H,43,44)(H,45,46)/t28-,29-,30+,31-,32+,39+,40-,41+,42+/m0/s1. The first-order valence-corrected chi connectivity index (χ1v) is 19.7. The van der Waals surface area contributed by atoms with Crippen molar-refractivity contribution in [1.82, 2.24) is 0 Å². The van der Waals surface area contributed by atoms with Gasteiger partial charge in [-0.2, -0.15) is 0 Å². The number of carboxylic acids is 2. The Morgan fingerprint density at radius 1 is 0.660 bits per heavy atom. The van der Waals surface area contributed by atoms with Crippen LogP contribution in [0.1, 0.15) is 165 Å². The molecule has 282 valence electrons. The molecule has 4 fully saturated rings. The molecular formula is C42H66O8. The van der Waals surface area contributed by atoms with E-state index in [-0.39, 0.29) is 82.3 Å². The first kappa shape index (κ1) is 38.8. The van der Waals surface area contributed by atoms with Gasteiger partial charge >= 0.3 is 23.9 Å². The summed E-state index contributed by atoms with van der Waals surface area (Å²) in [5, 5.41) is 17.9. The lowest BCUT2D eigenvalue weighted by atomic mass is 9.33. The Labute approximate surface area is 300 Å². The minimum absolute atomic E-state index is 0.0367. The number of ether oxygens (including phenoxy) is 2. The van der Waals surface area contributed by atoms with Gasteiger partial charge in [0.1, 0.15) is 12.2 Å². The van der Waals surface area contributed by atoms with E-state index >= 15 is 0 Å². The number of unbranched alkanes of at least 4 members (excludes halogenated alkanes) is 2. The topological polar surface area (TPSA) is 127 Å². The van der Waals surface area contributed by atoms with Crippen LogP contribution in [0.3, 0.4) is 0 Å². The highest BCUT2D eigenvalue weighted by molar-refractivity contribution is 5.70. The van der Waals surface area contributed by atoms with E-state index in [1.807, 2.05) is 0 Å². The molecule has 0 aromatic rings. The summed E-state index contributed by atoms with van der Waals surface area (Å²) in [6.45, 7) is 19.3. The maximum absolute atomic E-state index is 13.1. The van der Waals surface area contributed by atoms with Gasteiger partial charge in [-0.1, -0.05) is 67.0 Å². The first-order chi connectivity index (χ1) is 23.2. The number of hydrogen-bond acceptors (Lipinski definition) is 6. The van der Waals surface area contributed by atoms with Crippen LogP contribution in [-0.2, 0) is 28.7 Å². The minimum Gasteiger partial charge on any atom is -0.481 e. The monoisotopic (exact) mass is 698 g/mol. The van der Waals surface area contributed by atoms with Crippen LogP contribution >= 0.6 is 0 Å². The molecule has 4 saturated carbocycles. The van der Waals surface area contributed by atoms with Gasteiger partial charge in [-0.05, 0) is 123 Å². The van der Waals surface area contributed by atoms with Crippen molar-refractivity contribution in [1.29, 1.82) is 0 Å². The molecule has 0 aliphatic heterocycles. The lowest BCUT2D eigenvalue weighted by Gasteiger charge is -2.71. The van der Waals surface area contributed by atoms with Crippen LogP contribution in [0.5, 0.6) is 0 Å². The molecule has 0 amide bonds. The molecule has 5 rings (SSSR count). The molecule has 2 N–H and O–H groups in total. The molecule has 0 saturated heterocycles. The van der Waals surface area contributed by atoms with Gasteiger partial charge in [-0.25, -0.2) is 0 Å². The molecule has 8 heteroatoms. The van der Waals surface area contributed by atoms with Crippen LogP contribution in [0.4, 0.5) is 0 Å². The van der Waals surface area contributed by atoms with Crippen LogP contribution in [0.2, 0.25) is 0 Å². The van der Waals surface area contributed by atoms with Crippen LogP contribution in [0.25, 0.3) is 0 Å². The zero-order valence-corrected chi connectivity index (χ0v) is 32.3. The molecule has 50 heavy (non-hydrogen) atoms. The average molecular weight is 699 g/mol. The molecule has 0 bridgehead atoms. The van der Waals surface area contributed by atoms with Crippen molar-refractivity contribution >= 4 is 23.9 Å². The third-order valence-electron chi connectivity index (χ3n) is 15.6. The maximum atomic E-state index is 13.1. The van der Waals surface area contributed by atoms with Gasteiger partial charge in [0.05, 0.1) is 0 Å². The van der Waals surface area contributed by atoms with E-state index in [0.29, 0.717) is 43.4 Å². The van der Waals surface area contributed by atoms with Crippen molar-refractivity contribution in [2.75, 3.05) is 0 Å². The summed E-state index contributed by atoms with van der Waals surface area (Å²) in [6.07, 6.45) is 14.4. The Morgan fingerprint density at radius 2 is 1.22 bits per heavy atom. The van der Waals surface area contributed by atoms with E-state index in [1.165, 1.54) is 0 Å². The van der Waals surface area contributed by atoms with Gasteiger partial charge in [-0.15, -0.1) is 0 Å². The maximum Gasteiger partial charge on any atom is 0.306 e. The quantitative estimate of drug-likeness (QED) is 0.117. The predicted octanol–water partition coefficient (Wildman–Crippen LogP) is 9.53. The summed E-state index contributed by atoms with van der Waals surface area (Å²) < 4.78 is 12.5. The summed E-state index contributed by atoms with van der Waals surface area (Å²) in [5.41, 5.74) is 1.67. The normalized spacial score (nSPS) is 39.8. The largest absolute Gasteiger partial charge is 0.481 e. The molecule has 0 aromatic heterocycles. The summed E-state index contributed by atoms with van der Waals surface area (Å²) in [4.78, 5) is 47.8. The fourth-order valence-electron chi connectivity index (χ4n) is 12.5. The van der Waals surface area contributed by atoms with Crippen LogP contribution in [0, 0.1) is 50.2 Å². The van der Waals surface area contributed by atoms with Gasteiger partial charge in [0.2, 0.25) is 0 Å². The Bertz CT molecular complexity index is 1360. The summed E-state index contributed by atoms with van der Waals surface area (Å²) in [5.74, 6) is -0.733. The van der Waals surface area contributed by atoms with Gasteiger partial charge < -0.3 is 19.7 Å². The van der Waals surface area contributed by atoms with Crippen LogP contribution < -0.4 is 0 Å². The fourth-order valence-corrected chi connectivity index (χ4v) is 12.5. The van der Waals surface area contributed by atoms with E-state index in [1.54, 1.807) is 5.57 Å². The number of carbonyl (C=O) groups excluding carboxylic acids is 2. The molecule has 9 atom stereocenters. The lowest BCUT2D eigenvalue weighted by molar-refractivity contribution is -0.217. The first-order valence-electron chi connectivity index (χ1n) is 19.7. The van der Waals surface area contributed by atoms with Crippen molar-refractivity contribution < 1.29 is 38.9 Å². The van der Waals surface area contributed by atoms with Crippen molar-refractivity contribution in [3.05, 3.63) is 11.6 Å². The number of esters is 2. The number of carboxylic acid groups (broad SMARTS) is 2. The smallest absolute Gasteiger partial charge is 0.306 e. The highest BCUT2D eigenvalue weighted by Gasteiger charge is 2.69. The summed E-state index contributed by atoms with van der Waals surface area (Å²) >= 11 is 0. The van der Waals surface area contributed by atoms with E-state index < -0.39 is 11.9 Å². The van der Waals surface area contributed by atoms with Gasteiger partial charge in [0.25, 0.3) is 0 Å². The number of allylic oxidation sites excluding steroid dienone is 2. The van der Waals surface area contributed by atoms with E-state index in [0.717, 1.165) is 57.8 Å². The number of aliphatic carboxylic acids is 2. The molecule has 0 radical (unpaired) electrons. The lowest BCUT2D eigenvalue weighted by Crippen LogP contribution is -2.65. The summed E-state index contributed by atoms with van der Waals surface area (Å²) in [7, 11) is 0. The molecular weight excluding hydrogens is 632 g/mol. The van der Waals surface area contributed by atoms with Crippen LogP contribution in [0.15, 0.2) is 11.6 Å². The van der Waals surface area contributed by atoms with E-state index in [2.05, 4.69) is 61.5 Å². The zero-order valence-electron chi connectivity index (χ0n) is 32.3. The van der Waals surface area contributed by atoms with E-state index in [9.17, 15) is 19.2 Å². The number of fused-ring (bicyclic) bond motifs is 7. The predicted molar refractivity (Wildman–Crippen MR) is 192 cm³/mol. The second kappa shape index (κ2) is 13.9. The molecule has 0 heterocycles. The Hall–Kier alpha value is -2.38. The number of hydrogen-bond donors (Lipinski definition) is 2. The molecule has 5 aliphatic rings. The minimum atomic E-state index is -0.827. The summed E-state index contributed by atoms with van der Waals surface area (Å²) in [6, 6.07) is 0. The Morgan fingerprint density at radius 3 is 1.80 bits per heavy atom. The molecule has 0 aromatic carbocycles. The second-order valence-corrected chi connectivity index (χ2v) is 19.4.